The molecule has 2 aromatic heterocycles. The molecule has 0 spiro atoms. The van der Waals surface area contributed by atoms with Crippen molar-refractivity contribution in [2.75, 3.05) is 6.61 Å². The number of hydrogen-bond donors (Lipinski definition) is 4. The summed E-state index contributed by atoms with van der Waals surface area (Å²) in [7, 11) is 0. The summed E-state index contributed by atoms with van der Waals surface area (Å²) >= 11 is 0. The van der Waals surface area contributed by atoms with Crippen LogP contribution >= 0.6 is 0 Å². The first-order valence-electron chi connectivity index (χ1n) is 6.72. The summed E-state index contributed by atoms with van der Waals surface area (Å²) in [4.78, 5) is 21.3. The second-order valence-corrected chi connectivity index (χ2v) is 4.80. The van der Waals surface area contributed by atoms with Gasteiger partial charge in [0.05, 0.1) is 24.5 Å². The number of aliphatic hydroxyl groups excluding tert-OH is 1. The van der Waals surface area contributed by atoms with Gasteiger partial charge in [-0.05, 0) is 5.56 Å². The monoisotopic (exact) mass is 284 g/mol. The molecule has 0 bridgehead atoms. The summed E-state index contributed by atoms with van der Waals surface area (Å²) in [6.45, 7) is 0.511. The number of aliphatic hydroxyl groups is 1. The second kappa shape index (κ2) is 5.90. The van der Waals surface area contributed by atoms with E-state index in [0.29, 0.717) is 17.6 Å². The summed E-state index contributed by atoms with van der Waals surface area (Å²) in [5.41, 5.74) is 2.84. The average molecular weight is 284 g/mol. The zero-order valence-electron chi connectivity index (χ0n) is 11.3. The number of benzene rings is 1. The largest absolute Gasteiger partial charge is 0.394 e. The minimum Gasteiger partial charge on any atom is -0.394 e. The Morgan fingerprint density at radius 1 is 1.24 bits per heavy atom. The number of rotatable bonds is 5. The van der Waals surface area contributed by atoms with E-state index in [1.54, 1.807) is 6.20 Å². The Hall–Kier alpha value is -2.44. The highest BCUT2D eigenvalue weighted by Crippen LogP contribution is 2.15. The van der Waals surface area contributed by atoms with Crippen LogP contribution in [0.5, 0.6) is 0 Å². The Labute approximate surface area is 120 Å². The quantitative estimate of drug-likeness (QED) is 0.564. The van der Waals surface area contributed by atoms with Gasteiger partial charge < -0.3 is 20.4 Å². The zero-order chi connectivity index (χ0) is 14.7. The molecule has 1 aromatic carbocycles. The van der Waals surface area contributed by atoms with E-state index in [1.165, 1.54) is 6.33 Å². The molecule has 21 heavy (non-hydrogen) atoms. The van der Waals surface area contributed by atoms with Gasteiger partial charge in [-0.25, -0.2) is 4.98 Å². The maximum Gasteiger partial charge on any atom is 0.275 e. The molecule has 3 aromatic rings. The van der Waals surface area contributed by atoms with E-state index >= 15 is 0 Å². The molecule has 2 heterocycles. The molecule has 0 aliphatic carbocycles. The van der Waals surface area contributed by atoms with Crippen LogP contribution in [0.2, 0.25) is 0 Å². The molecule has 1 atom stereocenters. The van der Waals surface area contributed by atoms with Crippen LogP contribution in [0.15, 0.2) is 47.7 Å². The Bertz CT molecular complexity index is 779. The summed E-state index contributed by atoms with van der Waals surface area (Å²) in [5.74, 6) is 0. The molecule has 0 fully saturated rings. The molecule has 3 rings (SSSR count). The predicted octanol–water partition coefficient (Wildman–Crippen LogP) is 1.07. The van der Waals surface area contributed by atoms with Crippen LogP contribution in [0.4, 0.5) is 0 Å². The van der Waals surface area contributed by atoms with Gasteiger partial charge in [-0.15, -0.1) is 0 Å². The van der Waals surface area contributed by atoms with Gasteiger partial charge in [-0.1, -0.05) is 30.3 Å². The normalized spacial score (nSPS) is 12.6. The van der Waals surface area contributed by atoms with Crippen molar-refractivity contribution in [2.45, 2.75) is 12.6 Å². The van der Waals surface area contributed by atoms with Gasteiger partial charge in [0.2, 0.25) is 0 Å². The number of nitrogens with zero attached hydrogens (tertiary/aromatic N) is 1. The van der Waals surface area contributed by atoms with Gasteiger partial charge >= 0.3 is 0 Å². The molecule has 0 radical (unpaired) electrons. The summed E-state index contributed by atoms with van der Waals surface area (Å²) < 4.78 is 0. The van der Waals surface area contributed by atoms with Crippen LogP contribution in [0.25, 0.3) is 11.0 Å². The number of hydrogen-bond acceptors (Lipinski definition) is 4. The highest BCUT2D eigenvalue weighted by molar-refractivity contribution is 5.77. The van der Waals surface area contributed by atoms with Crippen molar-refractivity contribution in [3.63, 3.8) is 0 Å². The first-order valence-corrected chi connectivity index (χ1v) is 6.72. The Morgan fingerprint density at radius 3 is 2.81 bits per heavy atom. The van der Waals surface area contributed by atoms with Crippen LogP contribution in [-0.4, -0.2) is 26.7 Å². The Morgan fingerprint density at radius 2 is 2.05 bits per heavy atom. The zero-order valence-corrected chi connectivity index (χ0v) is 11.3. The van der Waals surface area contributed by atoms with Crippen molar-refractivity contribution in [1.82, 2.24) is 20.3 Å². The molecule has 6 nitrogen and oxygen atoms in total. The molecule has 4 N–H and O–H groups in total. The van der Waals surface area contributed by atoms with Crippen LogP contribution in [0, 0.1) is 0 Å². The van der Waals surface area contributed by atoms with Crippen LogP contribution in [0.1, 0.15) is 17.2 Å². The lowest BCUT2D eigenvalue weighted by Crippen LogP contribution is -2.23. The van der Waals surface area contributed by atoms with Gasteiger partial charge in [0, 0.05) is 18.3 Å². The third kappa shape index (κ3) is 2.72. The van der Waals surface area contributed by atoms with Crippen molar-refractivity contribution in [3.8, 4) is 0 Å². The van der Waals surface area contributed by atoms with Crippen molar-refractivity contribution < 1.29 is 5.11 Å². The first-order chi connectivity index (χ1) is 10.3. The molecule has 0 unspecified atom stereocenters. The van der Waals surface area contributed by atoms with Crippen molar-refractivity contribution in [1.29, 1.82) is 0 Å². The molecule has 0 saturated carbocycles. The number of aromatic nitrogens is 3. The Balaban J connectivity index is 1.80. The van der Waals surface area contributed by atoms with E-state index in [1.807, 2.05) is 30.3 Å². The summed E-state index contributed by atoms with van der Waals surface area (Å²) in [6, 6.07) is 9.59. The van der Waals surface area contributed by atoms with E-state index in [-0.39, 0.29) is 18.2 Å². The topological polar surface area (TPSA) is 93.8 Å². The van der Waals surface area contributed by atoms with E-state index < -0.39 is 0 Å². The third-order valence-corrected chi connectivity index (χ3v) is 3.47. The number of nitrogens with one attached hydrogen (secondary N) is 3. The maximum atomic E-state index is 11.6. The minimum absolute atomic E-state index is 0.000378. The molecular weight excluding hydrogens is 268 g/mol. The third-order valence-electron chi connectivity index (χ3n) is 3.47. The molecule has 0 aliphatic heterocycles. The minimum atomic E-state index is -0.187. The van der Waals surface area contributed by atoms with Crippen LogP contribution in [-0.2, 0) is 6.54 Å². The molecule has 0 saturated heterocycles. The summed E-state index contributed by atoms with van der Waals surface area (Å²) in [6.07, 6.45) is 3.15. The standard InChI is InChI=1S/C15H16N4O2/c20-8-12(10-4-2-1-3-5-10)16-6-11-7-17-14-13(11)18-9-19-15(14)21/h1-5,7,9,12,16-17,20H,6,8H2,(H,18,19,21)/t12-/m1/s1. The number of aromatic amines is 2. The van der Waals surface area contributed by atoms with Crippen molar-refractivity contribution in [3.05, 3.63) is 64.3 Å². The lowest BCUT2D eigenvalue weighted by molar-refractivity contribution is 0.244. The van der Waals surface area contributed by atoms with E-state index in [4.69, 9.17) is 0 Å². The van der Waals surface area contributed by atoms with Gasteiger partial charge in [0.1, 0.15) is 5.52 Å². The van der Waals surface area contributed by atoms with E-state index in [2.05, 4.69) is 20.3 Å². The fourth-order valence-electron chi connectivity index (χ4n) is 2.35. The van der Waals surface area contributed by atoms with E-state index in [9.17, 15) is 9.90 Å². The van der Waals surface area contributed by atoms with Gasteiger partial charge in [0.25, 0.3) is 5.56 Å². The molecule has 0 amide bonds. The summed E-state index contributed by atoms with van der Waals surface area (Å²) in [5, 5.41) is 12.8. The molecular formula is C15H16N4O2. The lowest BCUT2D eigenvalue weighted by Gasteiger charge is -2.16. The molecule has 0 aliphatic rings. The van der Waals surface area contributed by atoms with E-state index in [0.717, 1.165) is 11.1 Å². The first kappa shape index (κ1) is 13.5. The van der Waals surface area contributed by atoms with Crippen molar-refractivity contribution in [2.24, 2.45) is 0 Å². The van der Waals surface area contributed by atoms with Crippen LogP contribution in [0.3, 0.4) is 0 Å². The predicted molar refractivity (Wildman–Crippen MR) is 79.8 cm³/mol. The highest BCUT2D eigenvalue weighted by Gasteiger charge is 2.12. The SMILES string of the molecule is O=c1[nH]cnc2c(CN[C@H](CO)c3ccccc3)c[nH]c12. The van der Waals surface area contributed by atoms with Gasteiger partial charge in [-0.2, -0.15) is 0 Å². The Kier molecular flexibility index (Phi) is 3.81. The number of fused-ring (bicyclic) bond motifs is 1. The maximum absolute atomic E-state index is 11.6. The molecule has 108 valence electrons. The van der Waals surface area contributed by atoms with Crippen molar-refractivity contribution >= 4 is 11.0 Å². The van der Waals surface area contributed by atoms with Gasteiger partial charge in [0.15, 0.2) is 0 Å². The lowest BCUT2D eigenvalue weighted by atomic mass is 10.1. The second-order valence-electron chi connectivity index (χ2n) is 4.80. The fraction of sp³-hybridized carbons (Fsp3) is 0.200. The fourth-order valence-corrected chi connectivity index (χ4v) is 2.35. The number of H-pyrrole nitrogens is 2. The smallest absolute Gasteiger partial charge is 0.275 e. The van der Waals surface area contributed by atoms with Gasteiger partial charge in [-0.3, -0.25) is 4.79 Å². The van der Waals surface area contributed by atoms with Crippen LogP contribution < -0.4 is 10.9 Å². The average Bonchev–Trinajstić information content (AvgIpc) is 2.94. The molecule has 6 heteroatoms. The highest BCUT2D eigenvalue weighted by atomic mass is 16.3.